The number of hydrogen-bond acceptors (Lipinski definition) is 2. The number of nitrogen functional groups attached to an aromatic ring is 1. The van der Waals surface area contributed by atoms with E-state index < -0.39 is 5.82 Å². The summed E-state index contributed by atoms with van der Waals surface area (Å²) in [6.45, 7) is 1.81. The molecule has 5 heteroatoms. The Hall–Kier alpha value is -1.81. The molecule has 0 aliphatic carbocycles. The Balaban J connectivity index is 2.40. The molecule has 2 aromatic carbocycles. The summed E-state index contributed by atoms with van der Waals surface area (Å²) in [5.41, 5.74) is 7.72. The molecule has 18 heavy (non-hydrogen) atoms. The van der Waals surface area contributed by atoms with Gasteiger partial charge < -0.3 is 11.1 Å². The molecule has 0 fully saturated rings. The van der Waals surface area contributed by atoms with Crippen LogP contribution in [-0.2, 0) is 0 Å². The highest BCUT2D eigenvalue weighted by atomic mass is 35.5. The van der Waals surface area contributed by atoms with E-state index in [9.17, 15) is 8.78 Å². The Bertz CT molecular complexity index is 600. The molecular weight excluding hydrogens is 258 g/mol. The highest BCUT2D eigenvalue weighted by Gasteiger charge is 2.08. The highest BCUT2D eigenvalue weighted by Crippen LogP contribution is 2.30. The predicted octanol–water partition coefficient (Wildman–Crippen LogP) is 4.25. The molecule has 0 spiro atoms. The number of rotatable bonds is 2. The molecule has 0 saturated heterocycles. The molecule has 0 aromatic heterocycles. The lowest BCUT2D eigenvalue weighted by molar-refractivity contribution is 0.628. The topological polar surface area (TPSA) is 38.0 Å². The third-order valence-corrected chi connectivity index (χ3v) is 2.85. The first-order valence-electron chi connectivity index (χ1n) is 5.25. The van der Waals surface area contributed by atoms with E-state index in [4.69, 9.17) is 17.3 Å². The van der Waals surface area contributed by atoms with Crippen LogP contribution >= 0.6 is 11.6 Å². The van der Waals surface area contributed by atoms with Gasteiger partial charge in [0.05, 0.1) is 16.4 Å². The van der Waals surface area contributed by atoms with Gasteiger partial charge in [-0.15, -0.1) is 0 Å². The van der Waals surface area contributed by atoms with Gasteiger partial charge in [0.25, 0.3) is 0 Å². The van der Waals surface area contributed by atoms with Gasteiger partial charge in [-0.25, -0.2) is 8.78 Å². The van der Waals surface area contributed by atoms with Crippen LogP contribution in [0.3, 0.4) is 0 Å². The average molecular weight is 269 g/mol. The van der Waals surface area contributed by atoms with Crippen LogP contribution in [0.1, 0.15) is 5.56 Å². The minimum atomic E-state index is -0.581. The summed E-state index contributed by atoms with van der Waals surface area (Å²) in [5, 5.41) is 2.84. The summed E-state index contributed by atoms with van der Waals surface area (Å²) in [7, 11) is 0. The third-order valence-electron chi connectivity index (χ3n) is 2.56. The second-order valence-electron chi connectivity index (χ2n) is 3.94. The first kappa shape index (κ1) is 12.6. The minimum absolute atomic E-state index is 0.0472. The Kier molecular flexibility index (Phi) is 3.39. The fraction of sp³-hybridized carbons (Fsp3) is 0.0769. The lowest BCUT2D eigenvalue weighted by Crippen LogP contribution is -1.99. The van der Waals surface area contributed by atoms with Crippen molar-refractivity contribution in [3.8, 4) is 0 Å². The van der Waals surface area contributed by atoms with Crippen LogP contribution in [-0.4, -0.2) is 0 Å². The van der Waals surface area contributed by atoms with Gasteiger partial charge in [-0.1, -0.05) is 17.7 Å². The fourth-order valence-electron chi connectivity index (χ4n) is 1.54. The van der Waals surface area contributed by atoms with Crippen LogP contribution in [0.5, 0.6) is 0 Å². The molecule has 0 unspecified atom stereocenters. The highest BCUT2D eigenvalue weighted by molar-refractivity contribution is 6.31. The zero-order valence-corrected chi connectivity index (χ0v) is 10.4. The number of hydrogen-bond donors (Lipinski definition) is 2. The van der Waals surface area contributed by atoms with Crippen LogP contribution in [0.15, 0.2) is 30.3 Å². The summed E-state index contributed by atoms with van der Waals surface area (Å²) >= 11 is 5.60. The average Bonchev–Trinajstić information content (AvgIpc) is 2.30. The Labute approximate surface area is 108 Å². The van der Waals surface area contributed by atoms with Crippen molar-refractivity contribution >= 4 is 28.7 Å². The second kappa shape index (κ2) is 4.82. The first-order valence-corrected chi connectivity index (χ1v) is 5.63. The number of nitrogens with two attached hydrogens (primary N) is 1. The zero-order valence-electron chi connectivity index (χ0n) is 9.60. The summed E-state index contributed by atoms with van der Waals surface area (Å²) in [5.74, 6) is -0.960. The normalized spacial score (nSPS) is 10.4. The number of benzene rings is 2. The lowest BCUT2D eigenvalue weighted by atomic mass is 10.1. The Morgan fingerprint density at radius 3 is 2.56 bits per heavy atom. The van der Waals surface area contributed by atoms with Gasteiger partial charge in [-0.05, 0) is 30.7 Å². The number of aryl methyl sites for hydroxylation is 1. The van der Waals surface area contributed by atoms with Gasteiger partial charge in [-0.2, -0.15) is 0 Å². The summed E-state index contributed by atoms with van der Waals surface area (Å²) in [4.78, 5) is 0. The van der Waals surface area contributed by atoms with Crippen molar-refractivity contribution in [3.05, 3.63) is 52.6 Å². The third kappa shape index (κ3) is 2.54. The molecule has 0 amide bonds. The fourth-order valence-corrected chi connectivity index (χ4v) is 1.72. The van der Waals surface area contributed by atoms with Crippen LogP contribution in [0, 0.1) is 18.6 Å². The van der Waals surface area contributed by atoms with Gasteiger partial charge in [0.2, 0.25) is 0 Å². The van der Waals surface area contributed by atoms with Gasteiger partial charge in [0.1, 0.15) is 11.6 Å². The van der Waals surface area contributed by atoms with Gasteiger partial charge in [0.15, 0.2) is 0 Å². The molecule has 0 aliphatic heterocycles. The maximum atomic E-state index is 13.3. The van der Waals surface area contributed by atoms with E-state index in [0.29, 0.717) is 17.1 Å². The summed E-state index contributed by atoms with van der Waals surface area (Å²) < 4.78 is 26.5. The first-order chi connectivity index (χ1) is 8.47. The molecule has 0 heterocycles. The van der Waals surface area contributed by atoms with Crippen molar-refractivity contribution in [1.82, 2.24) is 0 Å². The standard InChI is InChI=1S/C13H11ClF2N2/c1-7-2-3-8(15)4-12(7)18-13-6-10(16)9(14)5-11(13)17/h2-6,18H,17H2,1H3. The molecule has 3 N–H and O–H groups in total. The largest absolute Gasteiger partial charge is 0.397 e. The van der Waals surface area contributed by atoms with Crippen molar-refractivity contribution < 1.29 is 8.78 Å². The van der Waals surface area contributed by atoms with Gasteiger partial charge in [-0.3, -0.25) is 0 Å². The monoisotopic (exact) mass is 268 g/mol. The second-order valence-corrected chi connectivity index (χ2v) is 4.35. The molecular formula is C13H11ClF2N2. The summed E-state index contributed by atoms with van der Waals surface area (Å²) in [6, 6.07) is 6.80. The van der Waals surface area contributed by atoms with E-state index in [0.717, 1.165) is 5.56 Å². The number of nitrogens with one attached hydrogen (secondary N) is 1. The molecule has 94 valence electrons. The zero-order chi connectivity index (χ0) is 13.3. The molecule has 2 nitrogen and oxygen atoms in total. The Morgan fingerprint density at radius 1 is 1.11 bits per heavy atom. The molecule has 0 bridgehead atoms. The molecule has 2 rings (SSSR count). The molecule has 0 atom stereocenters. The summed E-state index contributed by atoms with van der Waals surface area (Å²) in [6.07, 6.45) is 0. The molecule has 0 radical (unpaired) electrons. The maximum Gasteiger partial charge on any atom is 0.144 e. The maximum absolute atomic E-state index is 13.3. The molecule has 0 saturated carbocycles. The van der Waals surface area contributed by atoms with Crippen molar-refractivity contribution in [3.63, 3.8) is 0 Å². The number of anilines is 3. The van der Waals surface area contributed by atoms with E-state index in [1.807, 2.05) is 6.92 Å². The van der Waals surface area contributed by atoms with E-state index in [1.54, 1.807) is 6.07 Å². The van der Waals surface area contributed by atoms with Gasteiger partial charge >= 0.3 is 0 Å². The van der Waals surface area contributed by atoms with E-state index in [1.165, 1.54) is 24.3 Å². The predicted molar refractivity (Wildman–Crippen MR) is 70.2 cm³/mol. The van der Waals surface area contributed by atoms with Crippen LogP contribution in [0.25, 0.3) is 0 Å². The Morgan fingerprint density at radius 2 is 1.83 bits per heavy atom. The van der Waals surface area contributed by atoms with Crippen LogP contribution in [0.2, 0.25) is 5.02 Å². The number of halogens is 3. The molecule has 0 aliphatic rings. The van der Waals surface area contributed by atoms with Crippen molar-refractivity contribution in [1.29, 1.82) is 0 Å². The van der Waals surface area contributed by atoms with Crippen LogP contribution < -0.4 is 11.1 Å². The smallest absolute Gasteiger partial charge is 0.144 e. The van der Waals surface area contributed by atoms with E-state index >= 15 is 0 Å². The minimum Gasteiger partial charge on any atom is -0.397 e. The van der Waals surface area contributed by atoms with Crippen molar-refractivity contribution in [2.24, 2.45) is 0 Å². The SMILES string of the molecule is Cc1ccc(F)cc1Nc1cc(F)c(Cl)cc1N. The van der Waals surface area contributed by atoms with Gasteiger partial charge in [0, 0.05) is 11.8 Å². The molecule has 2 aromatic rings. The van der Waals surface area contributed by atoms with Crippen molar-refractivity contribution in [2.75, 3.05) is 11.1 Å². The quantitative estimate of drug-likeness (QED) is 0.799. The van der Waals surface area contributed by atoms with Crippen molar-refractivity contribution in [2.45, 2.75) is 6.92 Å². The van der Waals surface area contributed by atoms with E-state index in [2.05, 4.69) is 5.32 Å². The van der Waals surface area contributed by atoms with Crippen LogP contribution in [0.4, 0.5) is 25.8 Å². The van der Waals surface area contributed by atoms with E-state index in [-0.39, 0.29) is 10.8 Å². The lowest BCUT2D eigenvalue weighted by Gasteiger charge is -2.12.